The molecule has 1 unspecified atom stereocenters. The first-order chi connectivity index (χ1) is 6.65. The molecule has 0 rings (SSSR count). The maximum atomic E-state index is 12.4. The Labute approximate surface area is 87.7 Å². The van der Waals surface area contributed by atoms with E-state index in [1.54, 1.807) is 14.0 Å². The highest BCUT2D eigenvalue weighted by atomic mass is 19.4. The van der Waals surface area contributed by atoms with Crippen LogP contribution < -0.4 is 0 Å². The highest BCUT2D eigenvalue weighted by molar-refractivity contribution is 4.86. The zero-order valence-corrected chi connectivity index (χ0v) is 9.17. The molecule has 0 aromatic heterocycles. The Balaban J connectivity index is 4.61. The van der Waals surface area contributed by atoms with E-state index in [1.807, 2.05) is 0 Å². The van der Waals surface area contributed by atoms with Gasteiger partial charge in [0.05, 0.1) is 6.54 Å². The summed E-state index contributed by atoms with van der Waals surface area (Å²) in [7, 11) is 1.62. The van der Waals surface area contributed by atoms with Crippen LogP contribution in [0.5, 0.6) is 0 Å². The first kappa shape index (κ1) is 14.2. The van der Waals surface area contributed by atoms with Crippen molar-refractivity contribution in [2.45, 2.75) is 25.6 Å². The molecule has 0 spiro atoms. The molecule has 0 saturated heterocycles. The van der Waals surface area contributed by atoms with Gasteiger partial charge in [-0.15, -0.1) is 0 Å². The molecule has 0 amide bonds. The summed E-state index contributed by atoms with van der Waals surface area (Å²) in [5.74, 6) is 0. The third kappa shape index (κ3) is 3.71. The molecule has 0 aromatic rings. The summed E-state index contributed by atoms with van der Waals surface area (Å²) in [6.07, 6.45) is -3.40. The molecule has 0 aliphatic rings. The average Bonchev–Trinajstić information content (AvgIpc) is 2.11. The van der Waals surface area contributed by atoms with Gasteiger partial charge in [0.2, 0.25) is 0 Å². The number of nitrogens with zero attached hydrogens (tertiary/aromatic N) is 2. The van der Waals surface area contributed by atoms with Crippen LogP contribution in [-0.2, 0) is 0 Å². The van der Waals surface area contributed by atoms with Crippen LogP contribution in [0.15, 0.2) is 12.8 Å². The topological polar surface area (TPSA) is 26.7 Å². The molecule has 0 bridgehead atoms. The van der Waals surface area contributed by atoms with E-state index in [1.165, 1.54) is 16.2 Å². The van der Waals surface area contributed by atoms with Crippen molar-refractivity contribution in [3.63, 3.8) is 0 Å². The summed E-state index contributed by atoms with van der Waals surface area (Å²) in [6, 6.07) is 0. The van der Waals surface area contributed by atoms with Crippen molar-refractivity contribution in [2.24, 2.45) is 0 Å². The normalized spacial score (nSPS) is 16.3. The van der Waals surface area contributed by atoms with E-state index in [-0.39, 0.29) is 0 Å². The number of aliphatic hydroxyl groups is 1. The van der Waals surface area contributed by atoms with E-state index in [9.17, 15) is 18.3 Å². The fraction of sp³-hybridized carbons (Fsp3) is 0.778. The van der Waals surface area contributed by atoms with Gasteiger partial charge in [-0.1, -0.05) is 13.5 Å². The van der Waals surface area contributed by atoms with Crippen molar-refractivity contribution in [1.29, 1.82) is 0 Å². The van der Waals surface area contributed by atoms with Crippen LogP contribution in [0.3, 0.4) is 0 Å². The van der Waals surface area contributed by atoms with Gasteiger partial charge in [0, 0.05) is 19.8 Å². The predicted octanol–water partition coefficient (Wildman–Crippen LogP) is 1.61. The third-order valence-corrected chi connectivity index (χ3v) is 2.19. The monoisotopic (exact) mass is 226 g/mol. The molecular formula is C9H17F3N2O. The van der Waals surface area contributed by atoms with Gasteiger partial charge in [0.15, 0.2) is 5.60 Å². The maximum Gasteiger partial charge on any atom is 0.418 e. The van der Waals surface area contributed by atoms with Gasteiger partial charge in [-0.2, -0.15) is 13.2 Å². The van der Waals surface area contributed by atoms with E-state index in [0.29, 0.717) is 6.54 Å². The van der Waals surface area contributed by atoms with Gasteiger partial charge in [-0.3, -0.25) is 0 Å². The van der Waals surface area contributed by atoms with E-state index >= 15 is 0 Å². The SMILES string of the molecule is C=CN(CC(C)(O)C(F)(F)F)N(C)CC. The van der Waals surface area contributed by atoms with E-state index < -0.39 is 18.3 Å². The fourth-order valence-electron chi connectivity index (χ4n) is 0.911. The Hall–Kier alpha value is -0.750. The van der Waals surface area contributed by atoms with Gasteiger partial charge < -0.3 is 10.1 Å². The predicted molar refractivity (Wildman–Crippen MR) is 51.9 cm³/mol. The Kier molecular flexibility index (Phi) is 4.61. The molecular weight excluding hydrogens is 209 g/mol. The lowest BCUT2D eigenvalue weighted by molar-refractivity contribution is -0.262. The van der Waals surface area contributed by atoms with Crippen LogP contribution in [0.4, 0.5) is 13.2 Å². The molecule has 90 valence electrons. The minimum absolute atomic E-state index is 0.528. The number of hydrogen-bond donors (Lipinski definition) is 1. The summed E-state index contributed by atoms with van der Waals surface area (Å²) in [5, 5.41) is 12.0. The summed E-state index contributed by atoms with van der Waals surface area (Å²) in [5.41, 5.74) is -2.75. The minimum Gasteiger partial charge on any atom is -0.379 e. The van der Waals surface area contributed by atoms with Gasteiger partial charge in [0.1, 0.15) is 0 Å². The molecule has 0 heterocycles. The second-order valence-electron chi connectivity index (χ2n) is 3.53. The van der Waals surface area contributed by atoms with E-state index in [2.05, 4.69) is 6.58 Å². The van der Waals surface area contributed by atoms with Crippen molar-refractivity contribution in [1.82, 2.24) is 10.0 Å². The number of hydrazine groups is 1. The van der Waals surface area contributed by atoms with Crippen molar-refractivity contribution >= 4 is 0 Å². The number of hydrogen-bond acceptors (Lipinski definition) is 3. The molecule has 0 fully saturated rings. The highest BCUT2D eigenvalue weighted by Gasteiger charge is 2.50. The van der Waals surface area contributed by atoms with Crippen molar-refractivity contribution in [3.05, 3.63) is 12.8 Å². The Morgan fingerprint density at radius 3 is 2.13 bits per heavy atom. The fourth-order valence-corrected chi connectivity index (χ4v) is 0.911. The zero-order valence-electron chi connectivity index (χ0n) is 9.17. The molecule has 15 heavy (non-hydrogen) atoms. The second-order valence-corrected chi connectivity index (χ2v) is 3.53. The number of halogens is 3. The number of alkyl halides is 3. The summed E-state index contributed by atoms with van der Waals surface area (Å²) in [4.78, 5) is 0. The molecule has 0 saturated carbocycles. The Morgan fingerprint density at radius 1 is 1.40 bits per heavy atom. The standard InChI is InChI=1S/C9H17F3N2O/c1-5-13(4)14(6-2)7-8(3,15)9(10,11)12/h6,15H,2,5,7H2,1,3-4H3. The van der Waals surface area contributed by atoms with E-state index in [4.69, 9.17) is 0 Å². The van der Waals surface area contributed by atoms with Gasteiger partial charge in [-0.25, -0.2) is 5.01 Å². The molecule has 3 nitrogen and oxygen atoms in total. The van der Waals surface area contributed by atoms with Crippen molar-refractivity contribution < 1.29 is 18.3 Å². The first-order valence-electron chi connectivity index (χ1n) is 4.55. The van der Waals surface area contributed by atoms with Gasteiger partial charge >= 0.3 is 6.18 Å². The van der Waals surface area contributed by atoms with Crippen LogP contribution in [0.25, 0.3) is 0 Å². The zero-order chi connectivity index (χ0) is 12.3. The molecule has 0 radical (unpaired) electrons. The Morgan fingerprint density at radius 2 is 1.87 bits per heavy atom. The third-order valence-electron chi connectivity index (χ3n) is 2.19. The second kappa shape index (κ2) is 4.85. The molecule has 0 aliphatic heterocycles. The van der Waals surface area contributed by atoms with Crippen LogP contribution in [0.1, 0.15) is 13.8 Å². The lowest BCUT2D eigenvalue weighted by Crippen LogP contribution is -2.53. The molecule has 1 N–H and O–H groups in total. The van der Waals surface area contributed by atoms with Crippen molar-refractivity contribution in [3.8, 4) is 0 Å². The maximum absolute atomic E-state index is 12.4. The van der Waals surface area contributed by atoms with Crippen LogP contribution in [-0.4, -0.2) is 47.0 Å². The average molecular weight is 226 g/mol. The van der Waals surface area contributed by atoms with Gasteiger partial charge in [0.25, 0.3) is 0 Å². The smallest absolute Gasteiger partial charge is 0.379 e. The van der Waals surface area contributed by atoms with E-state index in [0.717, 1.165) is 6.92 Å². The molecule has 0 aliphatic carbocycles. The highest BCUT2D eigenvalue weighted by Crippen LogP contribution is 2.30. The number of rotatable bonds is 5. The largest absolute Gasteiger partial charge is 0.418 e. The molecule has 1 atom stereocenters. The first-order valence-corrected chi connectivity index (χ1v) is 4.55. The lowest BCUT2D eigenvalue weighted by atomic mass is 10.1. The molecule has 0 aromatic carbocycles. The van der Waals surface area contributed by atoms with Crippen LogP contribution >= 0.6 is 0 Å². The Bertz CT molecular complexity index is 216. The lowest BCUT2D eigenvalue weighted by Gasteiger charge is -2.36. The van der Waals surface area contributed by atoms with Gasteiger partial charge in [-0.05, 0) is 6.92 Å². The quantitative estimate of drug-likeness (QED) is 0.721. The minimum atomic E-state index is -4.65. The van der Waals surface area contributed by atoms with Crippen LogP contribution in [0, 0.1) is 0 Å². The van der Waals surface area contributed by atoms with Crippen molar-refractivity contribution in [2.75, 3.05) is 20.1 Å². The molecule has 6 heteroatoms. The summed E-state index contributed by atoms with van der Waals surface area (Å²) >= 11 is 0. The van der Waals surface area contributed by atoms with Crippen LogP contribution in [0.2, 0.25) is 0 Å². The summed E-state index contributed by atoms with van der Waals surface area (Å²) in [6.45, 7) is 5.90. The summed E-state index contributed by atoms with van der Waals surface area (Å²) < 4.78 is 37.1.